The first-order valence-corrected chi connectivity index (χ1v) is 9.37. The number of benzene rings is 1. The number of nitrogens with one attached hydrogen (secondary N) is 1. The second-order valence-corrected chi connectivity index (χ2v) is 7.88. The van der Waals surface area contributed by atoms with Crippen molar-refractivity contribution in [2.24, 2.45) is 5.41 Å². The molecule has 1 saturated heterocycles. The molecule has 0 aliphatic carbocycles. The SMILES string of the molecule is CC1(C)CO[P+](O)(O)O[C@H]1C(=O)NCCC(=O)OCc1ccccc1. The molecule has 0 aromatic heterocycles. The fourth-order valence-electron chi connectivity index (χ4n) is 2.23. The maximum atomic E-state index is 12.2. The minimum Gasteiger partial charge on any atom is -0.461 e. The highest BCUT2D eigenvalue weighted by Gasteiger charge is 2.56. The van der Waals surface area contributed by atoms with Crippen LogP contribution in [-0.2, 0) is 30.0 Å². The number of amides is 1. The first kappa shape index (κ1) is 19.8. The van der Waals surface area contributed by atoms with E-state index in [1.807, 2.05) is 30.3 Å². The van der Waals surface area contributed by atoms with Crippen molar-refractivity contribution in [1.29, 1.82) is 0 Å². The molecule has 1 aliphatic heterocycles. The van der Waals surface area contributed by atoms with Gasteiger partial charge in [0, 0.05) is 12.0 Å². The van der Waals surface area contributed by atoms with Gasteiger partial charge in [0.25, 0.3) is 5.91 Å². The van der Waals surface area contributed by atoms with Crippen molar-refractivity contribution in [3.05, 3.63) is 35.9 Å². The van der Waals surface area contributed by atoms with Crippen LogP contribution in [0.5, 0.6) is 0 Å². The number of ether oxygens (including phenoxy) is 1. The van der Waals surface area contributed by atoms with E-state index in [0.717, 1.165) is 5.56 Å². The first-order chi connectivity index (χ1) is 11.7. The van der Waals surface area contributed by atoms with Gasteiger partial charge in [0.05, 0.1) is 6.42 Å². The molecule has 1 atom stereocenters. The van der Waals surface area contributed by atoms with Gasteiger partial charge in [-0.2, -0.15) is 14.3 Å². The van der Waals surface area contributed by atoms with Crippen LogP contribution >= 0.6 is 8.17 Å². The van der Waals surface area contributed by atoms with Crippen LogP contribution in [0.1, 0.15) is 25.8 Å². The third-order valence-electron chi connectivity index (χ3n) is 3.67. The van der Waals surface area contributed by atoms with Crippen molar-refractivity contribution in [1.82, 2.24) is 5.32 Å². The van der Waals surface area contributed by atoms with Crippen molar-refractivity contribution < 1.29 is 33.2 Å². The Hall–Kier alpha value is -1.57. The Morgan fingerprint density at radius 2 is 2.00 bits per heavy atom. The quantitative estimate of drug-likeness (QED) is 0.510. The molecule has 8 nitrogen and oxygen atoms in total. The van der Waals surface area contributed by atoms with E-state index >= 15 is 0 Å². The van der Waals surface area contributed by atoms with Crippen LogP contribution in [0.15, 0.2) is 30.3 Å². The van der Waals surface area contributed by atoms with E-state index in [9.17, 15) is 19.4 Å². The fourth-order valence-corrected chi connectivity index (χ4v) is 3.45. The lowest BCUT2D eigenvalue weighted by molar-refractivity contribution is -0.146. The van der Waals surface area contributed by atoms with E-state index in [4.69, 9.17) is 13.8 Å². The van der Waals surface area contributed by atoms with Crippen molar-refractivity contribution in [2.45, 2.75) is 33.0 Å². The summed E-state index contributed by atoms with van der Waals surface area (Å²) >= 11 is 0. The molecule has 1 amide bonds. The van der Waals surface area contributed by atoms with E-state index in [-0.39, 0.29) is 26.2 Å². The highest BCUT2D eigenvalue weighted by atomic mass is 31.2. The molecule has 0 spiro atoms. The number of rotatable bonds is 6. The molecule has 0 saturated carbocycles. The van der Waals surface area contributed by atoms with Crippen molar-refractivity contribution in [2.75, 3.05) is 13.2 Å². The number of hydrogen-bond donors (Lipinski definition) is 3. The summed E-state index contributed by atoms with van der Waals surface area (Å²) in [5, 5.41) is 2.55. The number of esters is 1. The van der Waals surface area contributed by atoms with Gasteiger partial charge in [-0.05, 0) is 5.56 Å². The second-order valence-electron chi connectivity index (χ2n) is 6.43. The lowest BCUT2D eigenvalue weighted by Crippen LogP contribution is -2.50. The Morgan fingerprint density at radius 1 is 1.32 bits per heavy atom. The smallest absolute Gasteiger partial charge is 0.461 e. The molecule has 1 fully saturated rings. The Balaban J connectivity index is 1.74. The summed E-state index contributed by atoms with van der Waals surface area (Å²) in [6, 6.07) is 9.27. The number of carbonyl (C=O) groups excluding carboxylic acids is 2. The third kappa shape index (κ3) is 6.02. The van der Waals surface area contributed by atoms with Crippen LogP contribution in [0.3, 0.4) is 0 Å². The Morgan fingerprint density at radius 3 is 2.68 bits per heavy atom. The molecule has 0 unspecified atom stereocenters. The zero-order valence-corrected chi connectivity index (χ0v) is 15.1. The van der Waals surface area contributed by atoms with E-state index < -0.39 is 31.6 Å². The highest BCUT2D eigenvalue weighted by Crippen LogP contribution is 2.59. The Kier molecular flexibility index (Phi) is 6.48. The molecule has 9 heteroatoms. The van der Waals surface area contributed by atoms with Gasteiger partial charge in [-0.3, -0.25) is 9.59 Å². The Bertz CT molecular complexity index is 606. The summed E-state index contributed by atoms with van der Waals surface area (Å²) < 4.78 is 14.9. The summed E-state index contributed by atoms with van der Waals surface area (Å²) in [7, 11) is -3.97. The first-order valence-electron chi connectivity index (χ1n) is 7.84. The Labute approximate surface area is 146 Å². The topological polar surface area (TPSA) is 114 Å². The van der Waals surface area contributed by atoms with Crippen LogP contribution in [0.4, 0.5) is 0 Å². The summed E-state index contributed by atoms with van der Waals surface area (Å²) in [5.74, 6) is -0.973. The van der Waals surface area contributed by atoms with Crippen LogP contribution in [-0.4, -0.2) is 40.9 Å². The van der Waals surface area contributed by atoms with Gasteiger partial charge < -0.3 is 10.1 Å². The molecule has 1 heterocycles. The van der Waals surface area contributed by atoms with E-state index in [0.29, 0.717) is 0 Å². The summed E-state index contributed by atoms with van der Waals surface area (Å²) in [6.07, 6.45) is -1.08. The standard InChI is InChI=1S/C16H22NO7P/c1-16(2)11-23-25(20,21)24-14(16)15(19)17-9-8-13(18)22-10-12-6-4-3-5-7-12/h3-7,14,20-21H,8-11H2,1-2H3/p+1/t14-/m0/s1. The van der Waals surface area contributed by atoms with Gasteiger partial charge in [0.2, 0.25) is 0 Å². The van der Waals surface area contributed by atoms with Crippen LogP contribution < -0.4 is 5.32 Å². The van der Waals surface area contributed by atoms with E-state index in [2.05, 4.69) is 5.32 Å². The lowest BCUT2D eigenvalue weighted by Gasteiger charge is -2.34. The van der Waals surface area contributed by atoms with Crippen LogP contribution in [0.25, 0.3) is 0 Å². The molecular weight excluding hydrogens is 349 g/mol. The third-order valence-corrected chi connectivity index (χ3v) is 4.62. The number of hydrogen-bond acceptors (Lipinski definition) is 7. The normalized spacial score (nSPS) is 21.4. The summed E-state index contributed by atoms with van der Waals surface area (Å²) in [5.41, 5.74) is 0.149. The molecule has 2 rings (SSSR count). The van der Waals surface area contributed by atoms with E-state index in [1.165, 1.54) is 0 Å². The molecular formula is C16H23NO7P+. The van der Waals surface area contributed by atoms with Gasteiger partial charge in [0.1, 0.15) is 13.2 Å². The second kappa shape index (κ2) is 8.21. The van der Waals surface area contributed by atoms with Gasteiger partial charge in [-0.15, -0.1) is 4.52 Å². The highest BCUT2D eigenvalue weighted by molar-refractivity contribution is 7.54. The van der Waals surface area contributed by atoms with Crippen LogP contribution in [0.2, 0.25) is 0 Å². The predicted molar refractivity (Wildman–Crippen MR) is 89.8 cm³/mol. The van der Waals surface area contributed by atoms with Gasteiger partial charge in [-0.1, -0.05) is 44.2 Å². The van der Waals surface area contributed by atoms with Crippen molar-refractivity contribution >= 4 is 20.0 Å². The minimum atomic E-state index is -3.97. The average molecular weight is 372 g/mol. The van der Waals surface area contributed by atoms with E-state index in [1.54, 1.807) is 13.8 Å². The fraction of sp³-hybridized carbons (Fsp3) is 0.500. The molecule has 3 N–H and O–H groups in total. The molecule has 1 aromatic carbocycles. The minimum absolute atomic E-state index is 0.000752. The van der Waals surface area contributed by atoms with Gasteiger partial charge in [0.15, 0.2) is 6.10 Å². The number of carbonyl (C=O) groups is 2. The van der Waals surface area contributed by atoms with Gasteiger partial charge >= 0.3 is 14.1 Å². The summed E-state index contributed by atoms with van der Waals surface area (Å²) in [4.78, 5) is 42.9. The van der Waals surface area contributed by atoms with Crippen LogP contribution in [0, 0.1) is 5.41 Å². The molecule has 0 bridgehead atoms. The maximum Gasteiger partial charge on any atom is 0.570 e. The zero-order chi connectivity index (χ0) is 18.5. The van der Waals surface area contributed by atoms with Gasteiger partial charge in [-0.25, -0.2) is 0 Å². The predicted octanol–water partition coefficient (Wildman–Crippen LogP) is 1.34. The average Bonchev–Trinajstić information content (AvgIpc) is 2.56. The van der Waals surface area contributed by atoms with Crippen molar-refractivity contribution in [3.63, 3.8) is 0 Å². The maximum absolute atomic E-state index is 12.2. The molecule has 0 radical (unpaired) electrons. The lowest BCUT2D eigenvalue weighted by atomic mass is 9.87. The molecule has 1 aromatic rings. The molecule has 138 valence electrons. The van der Waals surface area contributed by atoms with Crippen molar-refractivity contribution in [3.8, 4) is 0 Å². The largest absolute Gasteiger partial charge is 0.570 e. The summed E-state index contributed by atoms with van der Waals surface area (Å²) in [6.45, 7) is 3.64. The molecule has 1 aliphatic rings. The monoisotopic (exact) mass is 372 g/mol. The molecule has 25 heavy (non-hydrogen) atoms. The zero-order valence-electron chi connectivity index (χ0n) is 14.2.